The van der Waals surface area contributed by atoms with E-state index in [0.717, 1.165) is 29.4 Å². The molecule has 0 spiro atoms. The lowest BCUT2D eigenvalue weighted by Gasteiger charge is -2.22. The van der Waals surface area contributed by atoms with E-state index < -0.39 is 0 Å². The summed E-state index contributed by atoms with van der Waals surface area (Å²) >= 11 is 3.48. The molecule has 86 valence electrons. The molecule has 1 saturated heterocycles. The van der Waals surface area contributed by atoms with Gasteiger partial charge < -0.3 is 5.32 Å². The van der Waals surface area contributed by atoms with Crippen LogP contribution >= 0.6 is 15.9 Å². The molecule has 1 aromatic rings. The van der Waals surface area contributed by atoms with Gasteiger partial charge in [-0.15, -0.1) is 0 Å². The van der Waals surface area contributed by atoms with Gasteiger partial charge in [0.25, 0.3) is 0 Å². The molecular formula is C13H16BrNO. The van der Waals surface area contributed by atoms with Gasteiger partial charge >= 0.3 is 0 Å². The number of carbonyl (C=O) groups excluding carboxylic acids is 1. The number of hydrogen-bond donors (Lipinski definition) is 1. The Kier molecular flexibility index (Phi) is 3.45. The molecule has 0 aliphatic carbocycles. The van der Waals surface area contributed by atoms with Crippen molar-refractivity contribution in [1.29, 1.82) is 0 Å². The first-order valence-corrected chi connectivity index (χ1v) is 6.43. The maximum absolute atomic E-state index is 12.2. The maximum atomic E-state index is 12.2. The number of hydrogen-bond acceptors (Lipinski definition) is 2. The summed E-state index contributed by atoms with van der Waals surface area (Å²) < 4.78 is 1.02. The third-order valence-corrected chi connectivity index (χ3v) is 4.07. The first-order chi connectivity index (χ1) is 7.62. The van der Waals surface area contributed by atoms with Gasteiger partial charge in [-0.1, -0.05) is 34.1 Å². The number of halogens is 1. The third kappa shape index (κ3) is 2.36. The highest BCUT2D eigenvalue weighted by Crippen LogP contribution is 2.24. The monoisotopic (exact) mass is 281 g/mol. The van der Waals surface area contributed by atoms with Gasteiger partial charge in [0, 0.05) is 10.9 Å². The highest BCUT2D eigenvalue weighted by atomic mass is 79.9. The highest BCUT2D eigenvalue weighted by Gasteiger charge is 2.35. The third-order valence-electron chi connectivity index (χ3n) is 3.29. The summed E-state index contributed by atoms with van der Waals surface area (Å²) in [5.74, 6) is 0.289. The minimum atomic E-state index is -0.310. The summed E-state index contributed by atoms with van der Waals surface area (Å²) in [7, 11) is 0. The summed E-state index contributed by atoms with van der Waals surface area (Å²) in [6, 6.07) is 7.92. The van der Waals surface area contributed by atoms with Gasteiger partial charge in [-0.2, -0.15) is 0 Å². The van der Waals surface area contributed by atoms with Crippen molar-refractivity contribution in [3.05, 3.63) is 34.3 Å². The Hall–Kier alpha value is -0.670. The maximum Gasteiger partial charge on any atom is 0.156 e. The van der Waals surface area contributed by atoms with Crippen LogP contribution in [0.25, 0.3) is 0 Å². The fourth-order valence-corrected chi connectivity index (χ4v) is 2.57. The number of rotatable bonds is 3. The predicted molar refractivity (Wildman–Crippen MR) is 68.5 cm³/mol. The Morgan fingerprint density at radius 2 is 2.25 bits per heavy atom. The lowest BCUT2D eigenvalue weighted by atomic mass is 9.90. The summed E-state index contributed by atoms with van der Waals surface area (Å²) in [6.07, 6.45) is 2.55. The molecule has 1 atom stereocenters. The largest absolute Gasteiger partial charge is 0.305 e. The van der Waals surface area contributed by atoms with Crippen molar-refractivity contribution in [2.75, 3.05) is 6.54 Å². The van der Waals surface area contributed by atoms with Gasteiger partial charge in [0.15, 0.2) is 5.78 Å². The Morgan fingerprint density at radius 1 is 1.50 bits per heavy atom. The number of Topliss-reactive ketones (excluding diaryl/α,β-unsaturated/α-hetero) is 1. The van der Waals surface area contributed by atoms with Crippen LogP contribution in [0.3, 0.4) is 0 Å². The molecule has 1 unspecified atom stereocenters. The minimum absolute atomic E-state index is 0.289. The van der Waals surface area contributed by atoms with E-state index in [1.807, 2.05) is 31.2 Å². The molecular weight excluding hydrogens is 266 g/mol. The SMILES string of the molecule is CC1(C(=O)Cc2ccccc2Br)CCCN1. The molecule has 3 heteroatoms. The van der Waals surface area contributed by atoms with Crippen molar-refractivity contribution in [1.82, 2.24) is 5.32 Å². The topological polar surface area (TPSA) is 29.1 Å². The van der Waals surface area contributed by atoms with Crippen LogP contribution in [0.15, 0.2) is 28.7 Å². The zero-order chi connectivity index (χ0) is 11.6. The van der Waals surface area contributed by atoms with E-state index in [2.05, 4.69) is 21.2 Å². The molecule has 1 aromatic carbocycles. The fourth-order valence-electron chi connectivity index (χ4n) is 2.14. The minimum Gasteiger partial charge on any atom is -0.305 e. The van der Waals surface area contributed by atoms with Crippen molar-refractivity contribution >= 4 is 21.7 Å². The molecule has 1 aliphatic rings. The van der Waals surface area contributed by atoms with E-state index in [4.69, 9.17) is 0 Å². The molecule has 2 rings (SSSR count). The number of carbonyl (C=O) groups is 1. The van der Waals surface area contributed by atoms with Crippen molar-refractivity contribution in [3.63, 3.8) is 0 Å². The van der Waals surface area contributed by atoms with Crippen LogP contribution in [-0.4, -0.2) is 17.9 Å². The highest BCUT2D eigenvalue weighted by molar-refractivity contribution is 9.10. The van der Waals surface area contributed by atoms with E-state index in [1.165, 1.54) is 0 Å². The molecule has 0 amide bonds. The van der Waals surface area contributed by atoms with Crippen LogP contribution in [0.1, 0.15) is 25.3 Å². The van der Waals surface area contributed by atoms with Gasteiger partial charge in [-0.25, -0.2) is 0 Å². The zero-order valence-corrected chi connectivity index (χ0v) is 11.0. The number of benzene rings is 1. The van der Waals surface area contributed by atoms with Gasteiger partial charge in [-0.05, 0) is 37.9 Å². The molecule has 0 radical (unpaired) electrons. The number of nitrogens with one attached hydrogen (secondary N) is 1. The van der Waals surface area contributed by atoms with Crippen molar-refractivity contribution in [3.8, 4) is 0 Å². The summed E-state index contributed by atoms with van der Waals surface area (Å²) in [5, 5.41) is 3.31. The Bertz CT molecular complexity index is 397. The number of ketones is 1. The molecule has 1 fully saturated rings. The first kappa shape index (κ1) is 11.8. The lowest BCUT2D eigenvalue weighted by Crippen LogP contribution is -2.45. The van der Waals surface area contributed by atoms with Crippen molar-refractivity contribution < 1.29 is 4.79 Å². The van der Waals surface area contributed by atoms with E-state index in [9.17, 15) is 4.79 Å². The van der Waals surface area contributed by atoms with Crippen LogP contribution in [0.4, 0.5) is 0 Å². The lowest BCUT2D eigenvalue weighted by molar-refractivity contribution is -0.123. The zero-order valence-electron chi connectivity index (χ0n) is 9.42. The quantitative estimate of drug-likeness (QED) is 0.923. The molecule has 0 aromatic heterocycles. The second-order valence-corrected chi connectivity index (χ2v) is 5.41. The van der Waals surface area contributed by atoms with E-state index in [0.29, 0.717) is 6.42 Å². The van der Waals surface area contributed by atoms with Crippen molar-refractivity contribution in [2.45, 2.75) is 31.7 Å². The van der Waals surface area contributed by atoms with E-state index in [-0.39, 0.29) is 11.3 Å². The second-order valence-electron chi connectivity index (χ2n) is 4.55. The second kappa shape index (κ2) is 4.68. The van der Waals surface area contributed by atoms with Gasteiger partial charge in [0.2, 0.25) is 0 Å². The molecule has 1 aliphatic heterocycles. The van der Waals surface area contributed by atoms with E-state index in [1.54, 1.807) is 0 Å². The van der Waals surface area contributed by atoms with Crippen LogP contribution in [0.2, 0.25) is 0 Å². The Balaban J connectivity index is 2.10. The molecule has 0 saturated carbocycles. The summed E-state index contributed by atoms with van der Waals surface area (Å²) in [4.78, 5) is 12.2. The average molecular weight is 282 g/mol. The van der Waals surface area contributed by atoms with Gasteiger partial charge in [-0.3, -0.25) is 4.79 Å². The standard InChI is InChI=1S/C13H16BrNO/c1-13(7-4-8-15-13)12(16)9-10-5-2-3-6-11(10)14/h2-3,5-6,15H,4,7-9H2,1H3. The Morgan fingerprint density at radius 3 is 2.88 bits per heavy atom. The van der Waals surface area contributed by atoms with Crippen molar-refractivity contribution in [2.24, 2.45) is 0 Å². The Labute approximate surface area is 105 Å². The normalized spacial score (nSPS) is 24.6. The predicted octanol–water partition coefficient (Wildman–Crippen LogP) is 2.70. The van der Waals surface area contributed by atoms with Crippen LogP contribution < -0.4 is 5.32 Å². The first-order valence-electron chi connectivity index (χ1n) is 5.63. The molecule has 16 heavy (non-hydrogen) atoms. The summed E-state index contributed by atoms with van der Waals surface area (Å²) in [6.45, 7) is 2.97. The fraction of sp³-hybridized carbons (Fsp3) is 0.462. The molecule has 2 nitrogen and oxygen atoms in total. The van der Waals surface area contributed by atoms with Crippen LogP contribution in [0, 0.1) is 0 Å². The molecule has 1 N–H and O–H groups in total. The summed E-state index contributed by atoms with van der Waals surface area (Å²) in [5.41, 5.74) is 0.761. The van der Waals surface area contributed by atoms with Crippen LogP contribution in [0.5, 0.6) is 0 Å². The average Bonchev–Trinajstić information content (AvgIpc) is 2.70. The molecule has 0 bridgehead atoms. The van der Waals surface area contributed by atoms with Gasteiger partial charge in [0.05, 0.1) is 5.54 Å². The van der Waals surface area contributed by atoms with Gasteiger partial charge in [0.1, 0.15) is 0 Å². The smallest absolute Gasteiger partial charge is 0.156 e. The van der Waals surface area contributed by atoms with Crippen LogP contribution in [-0.2, 0) is 11.2 Å². The molecule has 1 heterocycles. The van der Waals surface area contributed by atoms with E-state index >= 15 is 0 Å².